The van der Waals surface area contributed by atoms with E-state index in [4.69, 9.17) is 4.74 Å². The number of aliphatic hydroxyl groups is 2. The van der Waals surface area contributed by atoms with E-state index in [0.29, 0.717) is 19.4 Å². The fourth-order valence-corrected chi connectivity index (χ4v) is 10.2. The Morgan fingerprint density at radius 1 is 0.375 bits per heavy atom. The largest absolute Gasteiger partial charge is 0.466 e. The maximum Gasteiger partial charge on any atom is 0.305 e. The number of unbranched alkanes of at least 4 members (excludes halogenated alkanes) is 48. The molecule has 2 unspecified atom stereocenters. The van der Waals surface area contributed by atoms with Gasteiger partial charge in [0.25, 0.3) is 0 Å². The Hall–Kier alpha value is -1.66. The average Bonchev–Trinajstić information content (AvgIpc) is 3.38. The highest BCUT2D eigenvalue weighted by Crippen LogP contribution is 2.18. The van der Waals surface area contributed by atoms with Crippen LogP contribution in [0.25, 0.3) is 0 Å². The Bertz CT molecular complexity index is 1120. The standard InChI is InChI=1S/C66H127NO5/c1-3-5-7-9-11-13-15-17-19-20-21-22-23-24-25-26-28-31-34-38-42-46-50-54-58-64(69)63(62-68)67-65(70)59-55-51-47-43-39-35-32-29-27-30-33-37-41-45-49-53-57-61-72-66(71)60-56-52-48-44-40-36-18-16-14-12-10-8-6-4-2/h16,18,54,58,63-64,68-69H,3-15,17,19-53,55-57,59-62H2,1-2H3,(H,67,70)/b18-16-,58-54+. The van der Waals surface area contributed by atoms with E-state index in [0.717, 1.165) is 44.9 Å². The van der Waals surface area contributed by atoms with E-state index in [-0.39, 0.29) is 18.5 Å². The van der Waals surface area contributed by atoms with Crippen LogP contribution < -0.4 is 5.32 Å². The van der Waals surface area contributed by atoms with Crippen molar-refractivity contribution in [2.24, 2.45) is 0 Å². The molecule has 0 radical (unpaired) electrons. The molecule has 0 aliphatic heterocycles. The summed E-state index contributed by atoms with van der Waals surface area (Å²) in [5, 5.41) is 23.2. The van der Waals surface area contributed by atoms with Crippen molar-refractivity contribution < 1.29 is 24.5 Å². The lowest BCUT2D eigenvalue weighted by molar-refractivity contribution is -0.143. The van der Waals surface area contributed by atoms with Crippen LogP contribution in [-0.2, 0) is 14.3 Å². The van der Waals surface area contributed by atoms with Crippen molar-refractivity contribution in [3.63, 3.8) is 0 Å². The van der Waals surface area contributed by atoms with Crippen LogP contribution in [0.5, 0.6) is 0 Å². The second kappa shape index (κ2) is 61.9. The molecule has 1 amide bonds. The highest BCUT2D eigenvalue weighted by Gasteiger charge is 2.18. The molecule has 0 aromatic carbocycles. The number of amides is 1. The zero-order valence-corrected chi connectivity index (χ0v) is 48.7. The summed E-state index contributed by atoms with van der Waals surface area (Å²) >= 11 is 0. The van der Waals surface area contributed by atoms with Crippen LogP contribution in [-0.4, -0.2) is 47.4 Å². The summed E-state index contributed by atoms with van der Waals surface area (Å²) in [6.45, 7) is 4.91. The van der Waals surface area contributed by atoms with Crippen molar-refractivity contribution in [3.05, 3.63) is 24.3 Å². The van der Waals surface area contributed by atoms with Gasteiger partial charge in [-0.2, -0.15) is 0 Å². The third-order valence-corrected chi connectivity index (χ3v) is 15.2. The first-order valence-electron chi connectivity index (χ1n) is 32.6. The predicted octanol–water partition coefficient (Wildman–Crippen LogP) is 20.6. The summed E-state index contributed by atoms with van der Waals surface area (Å²) < 4.78 is 5.48. The van der Waals surface area contributed by atoms with Gasteiger partial charge in [0.2, 0.25) is 5.91 Å². The summed E-state index contributed by atoms with van der Waals surface area (Å²) in [6.07, 6.45) is 76.5. The number of hydrogen-bond donors (Lipinski definition) is 3. The van der Waals surface area contributed by atoms with Gasteiger partial charge in [0.1, 0.15) is 0 Å². The number of ether oxygens (including phenoxy) is 1. The summed E-state index contributed by atoms with van der Waals surface area (Å²) in [4.78, 5) is 24.6. The van der Waals surface area contributed by atoms with Gasteiger partial charge in [0, 0.05) is 12.8 Å². The van der Waals surface area contributed by atoms with Gasteiger partial charge in [-0.15, -0.1) is 0 Å². The van der Waals surface area contributed by atoms with Crippen LogP contribution in [0.2, 0.25) is 0 Å². The normalized spacial score (nSPS) is 12.7. The zero-order valence-electron chi connectivity index (χ0n) is 48.7. The van der Waals surface area contributed by atoms with Crippen LogP contribution in [0.4, 0.5) is 0 Å². The van der Waals surface area contributed by atoms with Crippen molar-refractivity contribution >= 4 is 11.9 Å². The van der Waals surface area contributed by atoms with E-state index >= 15 is 0 Å². The lowest BCUT2D eigenvalue weighted by Crippen LogP contribution is -2.45. The molecule has 3 N–H and O–H groups in total. The number of hydrogen-bond acceptors (Lipinski definition) is 5. The van der Waals surface area contributed by atoms with Crippen LogP contribution in [0, 0.1) is 0 Å². The van der Waals surface area contributed by atoms with Crippen LogP contribution in [0.3, 0.4) is 0 Å². The summed E-state index contributed by atoms with van der Waals surface area (Å²) in [6, 6.07) is -0.633. The smallest absolute Gasteiger partial charge is 0.305 e. The van der Waals surface area contributed by atoms with Crippen molar-refractivity contribution in [2.45, 2.75) is 373 Å². The molecule has 0 spiro atoms. The lowest BCUT2D eigenvalue weighted by Gasteiger charge is -2.20. The second-order valence-electron chi connectivity index (χ2n) is 22.5. The number of esters is 1. The molecule has 2 atom stereocenters. The first-order valence-corrected chi connectivity index (χ1v) is 32.6. The Labute approximate surface area is 450 Å². The third kappa shape index (κ3) is 57.6. The van der Waals surface area contributed by atoms with Gasteiger partial charge in [0.15, 0.2) is 0 Å². The monoisotopic (exact) mass is 1010 g/mol. The Balaban J connectivity index is 3.45. The minimum atomic E-state index is -0.850. The molecule has 6 heteroatoms. The van der Waals surface area contributed by atoms with Gasteiger partial charge in [-0.25, -0.2) is 0 Å². The van der Waals surface area contributed by atoms with Gasteiger partial charge in [-0.1, -0.05) is 314 Å². The van der Waals surface area contributed by atoms with Crippen molar-refractivity contribution in [1.82, 2.24) is 5.32 Å². The van der Waals surface area contributed by atoms with E-state index < -0.39 is 12.1 Å². The van der Waals surface area contributed by atoms with Crippen molar-refractivity contribution in [2.75, 3.05) is 13.2 Å². The average molecular weight is 1010 g/mol. The number of allylic oxidation sites excluding steroid dienone is 3. The maximum atomic E-state index is 12.5. The lowest BCUT2D eigenvalue weighted by atomic mass is 10.0. The van der Waals surface area contributed by atoms with Crippen LogP contribution in [0.15, 0.2) is 24.3 Å². The van der Waals surface area contributed by atoms with Gasteiger partial charge >= 0.3 is 5.97 Å². The molecule has 426 valence electrons. The number of nitrogens with one attached hydrogen (secondary N) is 1. The van der Waals surface area contributed by atoms with Crippen LogP contribution >= 0.6 is 0 Å². The third-order valence-electron chi connectivity index (χ3n) is 15.2. The molecule has 72 heavy (non-hydrogen) atoms. The molecule has 0 rings (SSSR count). The van der Waals surface area contributed by atoms with Crippen molar-refractivity contribution in [3.8, 4) is 0 Å². The van der Waals surface area contributed by atoms with Gasteiger partial charge in [0.05, 0.1) is 25.4 Å². The van der Waals surface area contributed by atoms with Gasteiger partial charge in [-0.3, -0.25) is 9.59 Å². The topological polar surface area (TPSA) is 95.9 Å². The molecule has 0 aromatic heterocycles. The zero-order chi connectivity index (χ0) is 52.2. The Morgan fingerprint density at radius 2 is 0.653 bits per heavy atom. The molecule has 0 fully saturated rings. The van der Waals surface area contributed by atoms with Gasteiger partial charge in [-0.05, 0) is 57.8 Å². The Kier molecular flexibility index (Phi) is 60.5. The highest BCUT2D eigenvalue weighted by molar-refractivity contribution is 5.76. The number of aliphatic hydroxyl groups excluding tert-OH is 2. The minimum absolute atomic E-state index is 0.00328. The quantitative estimate of drug-likeness (QED) is 0.0320. The van der Waals surface area contributed by atoms with Crippen molar-refractivity contribution in [1.29, 1.82) is 0 Å². The molecule has 0 aliphatic carbocycles. The summed E-state index contributed by atoms with van der Waals surface area (Å²) in [5.41, 5.74) is 0. The molecule has 0 aliphatic rings. The molecular formula is C66H127NO5. The summed E-state index contributed by atoms with van der Waals surface area (Å²) in [5.74, 6) is -0.0729. The second-order valence-corrected chi connectivity index (χ2v) is 22.5. The number of rotatable bonds is 61. The predicted molar refractivity (Wildman–Crippen MR) is 315 cm³/mol. The van der Waals surface area contributed by atoms with Crippen LogP contribution in [0.1, 0.15) is 361 Å². The first-order chi connectivity index (χ1) is 35.5. The number of carbonyl (C=O) groups is 2. The molecule has 6 nitrogen and oxygen atoms in total. The van der Waals surface area contributed by atoms with E-state index in [2.05, 4.69) is 31.3 Å². The molecule has 0 aromatic rings. The number of carbonyl (C=O) groups excluding carboxylic acids is 2. The molecule has 0 saturated carbocycles. The maximum absolute atomic E-state index is 12.5. The van der Waals surface area contributed by atoms with E-state index in [1.54, 1.807) is 6.08 Å². The van der Waals surface area contributed by atoms with E-state index in [9.17, 15) is 19.8 Å². The highest BCUT2D eigenvalue weighted by atomic mass is 16.5. The van der Waals surface area contributed by atoms with E-state index in [1.165, 1.54) is 289 Å². The molecular weight excluding hydrogens is 887 g/mol. The SMILES string of the molecule is CCCCCCC/C=C\CCCCCCCC(=O)OCCCCCCCCCCCCCCCCCCCC(=O)NC(CO)C(O)/C=C/CCCCCCCCCCCCCCCCCCCCCCCC. The Morgan fingerprint density at radius 3 is 0.986 bits per heavy atom. The fourth-order valence-electron chi connectivity index (χ4n) is 10.2. The fraction of sp³-hybridized carbons (Fsp3) is 0.909. The molecule has 0 heterocycles. The first kappa shape index (κ1) is 70.3. The minimum Gasteiger partial charge on any atom is -0.466 e. The molecule has 0 bridgehead atoms. The molecule has 0 saturated heterocycles. The van der Waals surface area contributed by atoms with Gasteiger partial charge < -0.3 is 20.3 Å². The van der Waals surface area contributed by atoms with E-state index in [1.807, 2.05) is 6.08 Å². The summed E-state index contributed by atoms with van der Waals surface area (Å²) in [7, 11) is 0.